The van der Waals surface area contributed by atoms with Crippen LogP contribution in [0.25, 0.3) is 10.9 Å². The van der Waals surface area contributed by atoms with Crippen LogP contribution in [-0.2, 0) is 0 Å². The second-order valence-corrected chi connectivity index (χ2v) is 10.2. The summed E-state index contributed by atoms with van der Waals surface area (Å²) in [6.07, 6.45) is 14.6. The molecule has 0 bridgehead atoms. The van der Waals surface area contributed by atoms with Gasteiger partial charge in [0, 0.05) is 17.6 Å². The first-order chi connectivity index (χ1) is 18.5. The molecule has 7 nitrogen and oxygen atoms in total. The van der Waals surface area contributed by atoms with Crippen LogP contribution < -0.4 is 10.9 Å². The smallest absolute Gasteiger partial charge is 0.122 e. The Kier molecular flexibility index (Phi) is 16.5. The number of hydrazine groups is 1. The van der Waals surface area contributed by atoms with E-state index in [0.29, 0.717) is 0 Å². The Morgan fingerprint density at radius 2 is 1.97 bits per heavy atom. The van der Waals surface area contributed by atoms with Gasteiger partial charge in [0.15, 0.2) is 0 Å². The molecule has 2 aromatic rings. The number of aryl methyl sites for hydroxylation is 1. The highest BCUT2D eigenvalue weighted by Crippen LogP contribution is 2.31. The summed E-state index contributed by atoms with van der Waals surface area (Å²) < 4.78 is 0. The standard InChI is InChI=1S/C27H41N5OS.C2H2.CH3N/c1-6-22(18-20(3)19-33)14-16-32(7-2)15-9-17-34-27-30-29-26(31(27)5)24-10-8-11-25-23(24)13-12-21(4)28-25;2*1-2/h6,8,10-13,18,26-27,29-30,33H,7,9,14-17,19H2,1-5H3;1-2H;2H,1H2/b20-18-,22-6-;;. The lowest BCUT2D eigenvalue weighted by Gasteiger charge is -2.25. The molecule has 1 aliphatic rings. The number of pyridine rings is 1. The molecule has 2 heterocycles. The molecule has 1 aliphatic heterocycles. The van der Waals surface area contributed by atoms with Gasteiger partial charge in [-0.15, -0.1) is 24.6 Å². The Bertz CT molecular complexity index is 1050. The number of fused-ring (bicyclic) bond motifs is 1. The first kappa shape index (κ1) is 33.5. The maximum Gasteiger partial charge on any atom is 0.122 e. The van der Waals surface area contributed by atoms with Crippen LogP contribution in [0.2, 0.25) is 0 Å². The first-order valence-electron chi connectivity index (χ1n) is 13.0. The molecule has 0 radical (unpaired) electrons. The minimum atomic E-state index is 0.118. The molecule has 2 unspecified atom stereocenters. The van der Waals surface area contributed by atoms with Crippen molar-refractivity contribution in [2.75, 3.05) is 39.0 Å². The van der Waals surface area contributed by atoms with Gasteiger partial charge in [0.2, 0.25) is 0 Å². The molecule has 4 N–H and O–H groups in total. The van der Waals surface area contributed by atoms with E-state index in [2.05, 4.69) is 104 Å². The maximum atomic E-state index is 9.27. The number of rotatable bonds is 12. The van der Waals surface area contributed by atoms with Crippen LogP contribution in [-0.4, -0.2) is 71.1 Å². The number of thioether (sulfide) groups is 1. The quantitative estimate of drug-likeness (QED) is 0.129. The van der Waals surface area contributed by atoms with Crippen molar-refractivity contribution < 1.29 is 5.11 Å². The van der Waals surface area contributed by atoms with E-state index < -0.39 is 0 Å². The molecule has 1 aromatic heterocycles. The number of aliphatic hydroxyl groups is 1. The Morgan fingerprint density at radius 1 is 1.24 bits per heavy atom. The highest BCUT2D eigenvalue weighted by atomic mass is 32.2. The van der Waals surface area contributed by atoms with E-state index in [-0.39, 0.29) is 18.3 Å². The SMILES string of the molecule is C#C.C/C=C(\C=C(\C)CO)CCN(CC)CCCSC1NNC(c2cccc3nc(C)ccc23)N1C.C=N. The summed E-state index contributed by atoms with van der Waals surface area (Å²) in [5, 5.41) is 16.0. The average Bonchev–Trinajstić information content (AvgIpc) is 3.32. The zero-order valence-corrected chi connectivity index (χ0v) is 24.5. The summed E-state index contributed by atoms with van der Waals surface area (Å²) in [7, 11) is 2.18. The number of terminal acetylenes is 1. The van der Waals surface area contributed by atoms with E-state index in [9.17, 15) is 5.11 Å². The molecule has 1 saturated heterocycles. The van der Waals surface area contributed by atoms with Crippen molar-refractivity contribution >= 4 is 29.4 Å². The van der Waals surface area contributed by atoms with E-state index in [1.54, 1.807) is 0 Å². The van der Waals surface area contributed by atoms with E-state index in [1.807, 2.05) is 25.6 Å². The topological polar surface area (TPSA) is 87.5 Å². The number of aromatic nitrogens is 1. The van der Waals surface area contributed by atoms with Crippen molar-refractivity contribution in [2.45, 2.75) is 52.2 Å². The zero-order chi connectivity index (χ0) is 28.5. The molecular formula is C30H46N6OS. The van der Waals surface area contributed by atoms with Gasteiger partial charge in [-0.1, -0.05) is 42.8 Å². The summed E-state index contributed by atoms with van der Waals surface area (Å²) in [5.74, 6) is 1.10. The lowest BCUT2D eigenvalue weighted by atomic mass is 10.1. The summed E-state index contributed by atoms with van der Waals surface area (Å²) in [6.45, 7) is 14.2. The molecule has 0 spiro atoms. The minimum absolute atomic E-state index is 0.118. The maximum absolute atomic E-state index is 9.27. The Labute approximate surface area is 234 Å². The van der Waals surface area contributed by atoms with E-state index in [0.717, 1.165) is 55.0 Å². The van der Waals surface area contributed by atoms with Crippen molar-refractivity contribution in [3.63, 3.8) is 0 Å². The fourth-order valence-corrected chi connectivity index (χ4v) is 5.35. The number of hydrogen-bond acceptors (Lipinski definition) is 8. The molecular weight excluding hydrogens is 492 g/mol. The van der Waals surface area contributed by atoms with Gasteiger partial charge in [0.1, 0.15) is 11.7 Å². The summed E-state index contributed by atoms with van der Waals surface area (Å²) in [5.41, 5.74) is 12.9. The van der Waals surface area contributed by atoms with Gasteiger partial charge in [-0.25, -0.2) is 10.9 Å². The Hall–Kier alpha value is -2.51. The molecule has 38 heavy (non-hydrogen) atoms. The van der Waals surface area contributed by atoms with E-state index in [1.165, 1.54) is 16.5 Å². The number of nitrogens with zero attached hydrogens (tertiary/aromatic N) is 3. The van der Waals surface area contributed by atoms with Gasteiger partial charge >= 0.3 is 0 Å². The third-order valence-electron chi connectivity index (χ3n) is 6.43. The second kappa shape index (κ2) is 18.7. The van der Waals surface area contributed by atoms with Crippen LogP contribution in [0.3, 0.4) is 0 Å². The van der Waals surface area contributed by atoms with Crippen molar-refractivity contribution in [2.24, 2.45) is 0 Å². The van der Waals surface area contributed by atoms with E-state index >= 15 is 0 Å². The van der Waals surface area contributed by atoms with Crippen LogP contribution in [0.15, 0.2) is 53.6 Å². The number of benzene rings is 1. The predicted molar refractivity (Wildman–Crippen MR) is 165 cm³/mol. The van der Waals surface area contributed by atoms with Gasteiger partial charge in [0.05, 0.1) is 12.1 Å². The minimum Gasteiger partial charge on any atom is -0.392 e. The molecule has 0 aliphatic carbocycles. The second-order valence-electron chi connectivity index (χ2n) is 9.00. The fourth-order valence-electron chi connectivity index (χ4n) is 4.33. The van der Waals surface area contributed by atoms with Gasteiger partial charge in [-0.2, -0.15) is 0 Å². The van der Waals surface area contributed by atoms with Crippen LogP contribution in [0.1, 0.15) is 51.0 Å². The highest BCUT2D eigenvalue weighted by molar-refractivity contribution is 7.99. The average molecular weight is 539 g/mol. The summed E-state index contributed by atoms with van der Waals surface area (Å²) in [6, 6.07) is 10.6. The van der Waals surface area contributed by atoms with Crippen LogP contribution in [0.5, 0.6) is 0 Å². The third-order valence-corrected chi connectivity index (χ3v) is 7.72. The highest BCUT2D eigenvalue weighted by Gasteiger charge is 2.31. The monoisotopic (exact) mass is 538 g/mol. The molecule has 0 amide bonds. The van der Waals surface area contributed by atoms with Crippen molar-refractivity contribution in [1.29, 1.82) is 5.41 Å². The largest absolute Gasteiger partial charge is 0.392 e. The first-order valence-corrected chi connectivity index (χ1v) is 14.1. The molecule has 0 saturated carbocycles. The van der Waals surface area contributed by atoms with E-state index in [4.69, 9.17) is 10.4 Å². The molecule has 3 rings (SSSR count). The normalized spacial score (nSPS) is 18.1. The van der Waals surface area contributed by atoms with Gasteiger partial charge in [0.25, 0.3) is 0 Å². The lowest BCUT2D eigenvalue weighted by molar-refractivity contribution is 0.284. The van der Waals surface area contributed by atoms with Crippen LogP contribution >= 0.6 is 11.8 Å². The van der Waals surface area contributed by atoms with Crippen molar-refractivity contribution in [1.82, 2.24) is 25.6 Å². The summed E-state index contributed by atoms with van der Waals surface area (Å²) in [4.78, 5) is 9.58. The molecule has 208 valence electrons. The predicted octanol–water partition coefficient (Wildman–Crippen LogP) is 5.10. The summed E-state index contributed by atoms with van der Waals surface area (Å²) >= 11 is 1.95. The van der Waals surface area contributed by atoms with Crippen molar-refractivity contribution in [3.05, 3.63) is 64.9 Å². The van der Waals surface area contributed by atoms with Gasteiger partial charge < -0.3 is 15.4 Å². The van der Waals surface area contributed by atoms with Crippen molar-refractivity contribution in [3.8, 4) is 12.8 Å². The molecule has 1 fully saturated rings. The number of allylic oxidation sites excluding steroid dienone is 2. The molecule has 1 aromatic carbocycles. The Morgan fingerprint density at radius 3 is 2.63 bits per heavy atom. The molecule has 8 heteroatoms. The number of aliphatic hydroxyl groups excluding tert-OH is 1. The molecule has 2 atom stereocenters. The van der Waals surface area contributed by atoms with Crippen LogP contribution in [0, 0.1) is 25.2 Å². The fraction of sp³-hybridized carbons (Fsp3) is 0.467. The van der Waals surface area contributed by atoms with Gasteiger partial charge in [-0.3, -0.25) is 9.88 Å². The number of nitrogens with one attached hydrogen (secondary N) is 3. The Balaban J connectivity index is 0.00000172. The zero-order valence-electron chi connectivity index (χ0n) is 23.7. The van der Waals surface area contributed by atoms with Crippen LogP contribution in [0.4, 0.5) is 0 Å². The third kappa shape index (κ3) is 9.99. The number of hydrogen-bond donors (Lipinski definition) is 4. The van der Waals surface area contributed by atoms with Gasteiger partial charge in [-0.05, 0) is 89.5 Å². The lowest BCUT2D eigenvalue weighted by Crippen LogP contribution is -2.32.